The number of halogens is 1. The number of amides is 1. The molecule has 1 aliphatic rings. The van der Waals surface area contributed by atoms with Gasteiger partial charge in [-0.1, -0.05) is 26.2 Å². The van der Waals surface area contributed by atoms with Gasteiger partial charge in [-0.3, -0.25) is 4.79 Å². The average Bonchev–Trinajstić information content (AvgIpc) is 3.29. The molecule has 2 aromatic carbocycles. The van der Waals surface area contributed by atoms with Crippen LogP contribution in [0, 0.1) is 18.8 Å². The van der Waals surface area contributed by atoms with Gasteiger partial charge in [0.15, 0.2) is 0 Å². The second-order valence-corrected chi connectivity index (χ2v) is 10.4. The standard InChI is InChI=1S/C32H36FN3O3/c1-3-16-35-32(37)24-9-11-25(12-10-24)36-30(23-7-5-4-6-8-23)31-21(2)27-19-26(13-14-28(27)39-31)38-20-22-15-17-34-29(33)18-22/h9-15,17-19,23,30,36H,3-8,16,20H2,1-2H3,(H,35,37). The summed E-state index contributed by atoms with van der Waals surface area (Å²) in [5.74, 6) is 1.53. The van der Waals surface area contributed by atoms with E-state index in [1.165, 1.54) is 31.5 Å². The lowest BCUT2D eigenvalue weighted by Gasteiger charge is -2.31. The molecule has 0 bridgehead atoms. The number of pyridine rings is 1. The lowest BCUT2D eigenvalue weighted by atomic mass is 9.82. The number of nitrogens with zero attached hydrogens (tertiary/aromatic N) is 1. The Morgan fingerprint density at radius 3 is 2.64 bits per heavy atom. The van der Waals surface area contributed by atoms with Gasteiger partial charge in [-0.15, -0.1) is 0 Å². The van der Waals surface area contributed by atoms with Crippen LogP contribution in [0.3, 0.4) is 0 Å². The van der Waals surface area contributed by atoms with E-state index in [2.05, 4.69) is 22.5 Å². The maximum atomic E-state index is 13.4. The number of benzene rings is 2. The number of ether oxygens (including phenoxy) is 1. The summed E-state index contributed by atoms with van der Waals surface area (Å²) >= 11 is 0. The molecule has 204 valence electrons. The van der Waals surface area contributed by atoms with Crippen LogP contribution < -0.4 is 15.4 Å². The second-order valence-electron chi connectivity index (χ2n) is 10.4. The molecule has 1 amide bonds. The van der Waals surface area contributed by atoms with Crippen LogP contribution in [0.1, 0.15) is 78.7 Å². The summed E-state index contributed by atoms with van der Waals surface area (Å²) in [6.45, 7) is 5.07. The number of fused-ring (bicyclic) bond motifs is 1. The molecule has 5 rings (SSSR count). The number of nitrogens with one attached hydrogen (secondary N) is 2. The van der Waals surface area contributed by atoms with Crippen LogP contribution in [0.5, 0.6) is 5.75 Å². The highest BCUT2D eigenvalue weighted by Crippen LogP contribution is 2.41. The first kappa shape index (κ1) is 26.7. The van der Waals surface area contributed by atoms with Crippen molar-refractivity contribution >= 4 is 22.6 Å². The number of anilines is 1. The normalized spacial score (nSPS) is 14.7. The molecule has 1 fully saturated rings. The lowest BCUT2D eigenvalue weighted by Crippen LogP contribution is -2.24. The average molecular weight is 530 g/mol. The smallest absolute Gasteiger partial charge is 0.251 e. The predicted octanol–water partition coefficient (Wildman–Crippen LogP) is 7.73. The lowest BCUT2D eigenvalue weighted by molar-refractivity contribution is 0.0953. The summed E-state index contributed by atoms with van der Waals surface area (Å²) in [5.41, 5.74) is 4.25. The van der Waals surface area contributed by atoms with Crippen LogP contribution in [-0.2, 0) is 6.61 Å². The third-order valence-electron chi connectivity index (χ3n) is 7.55. The van der Waals surface area contributed by atoms with Crippen LogP contribution in [0.4, 0.5) is 10.1 Å². The Morgan fingerprint density at radius 2 is 1.90 bits per heavy atom. The maximum Gasteiger partial charge on any atom is 0.251 e. The minimum Gasteiger partial charge on any atom is -0.489 e. The number of aromatic nitrogens is 1. The quantitative estimate of drug-likeness (QED) is 0.206. The van der Waals surface area contributed by atoms with E-state index in [9.17, 15) is 9.18 Å². The van der Waals surface area contributed by atoms with Crippen molar-refractivity contribution in [1.29, 1.82) is 0 Å². The van der Waals surface area contributed by atoms with Gasteiger partial charge in [-0.25, -0.2) is 4.98 Å². The van der Waals surface area contributed by atoms with E-state index in [1.807, 2.05) is 49.4 Å². The Morgan fingerprint density at radius 1 is 1.10 bits per heavy atom. The topological polar surface area (TPSA) is 76.4 Å². The molecule has 0 aliphatic heterocycles. The molecule has 1 atom stereocenters. The van der Waals surface area contributed by atoms with Crippen molar-refractivity contribution in [2.75, 3.05) is 11.9 Å². The molecule has 7 heteroatoms. The van der Waals surface area contributed by atoms with Gasteiger partial charge in [0.25, 0.3) is 5.91 Å². The Hall–Kier alpha value is -3.87. The van der Waals surface area contributed by atoms with Crippen LogP contribution >= 0.6 is 0 Å². The molecule has 39 heavy (non-hydrogen) atoms. The molecule has 2 aromatic heterocycles. The van der Waals surface area contributed by atoms with E-state index >= 15 is 0 Å². The van der Waals surface area contributed by atoms with E-state index in [4.69, 9.17) is 9.15 Å². The number of carbonyl (C=O) groups is 1. The van der Waals surface area contributed by atoms with Crippen LogP contribution in [0.25, 0.3) is 11.0 Å². The molecular weight excluding hydrogens is 493 g/mol. The fourth-order valence-corrected chi connectivity index (χ4v) is 5.41. The molecule has 6 nitrogen and oxygen atoms in total. The molecule has 1 unspecified atom stereocenters. The largest absolute Gasteiger partial charge is 0.489 e. The summed E-state index contributed by atoms with van der Waals surface area (Å²) in [5, 5.41) is 7.68. The van der Waals surface area contributed by atoms with Gasteiger partial charge >= 0.3 is 0 Å². The highest BCUT2D eigenvalue weighted by molar-refractivity contribution is 5.94. The van der Waals surface area contributed by atoms with E-state index in [1.54, 1.807) is 6.07 Å². The van der Waals surface area contributed by atoms with Gasteiger partial charge in [-0.05, 0) is 92.3 Å². The predicted molar refractivity (Wildman–Crippen MR) is 151 cm³/mol. The van der Waals surface area contributed by atoms with Crippen molar-refractivity contribution < 1.29 is 18.3 Å². The first-order valence-electron chi connectivity index (χ1n) is 13.9. The molecule has 4 aromatic rings. The van der Waals surface area contributed by atoms with E-state index < -0.39 is 5.95 Å². The maximum absolute atomic E-state index is 13.4. The summed E-state index contributed by atoms with van der Waals surface area (Å²) in [6.07, 6.45) is 8.33. The third kappa shape index (κ3) is 6.41. The second kappa shape index (κ2) is 12.3. The number of carbonyl (C=O) groups excluding carboxylic acids is 1. The van der Waals surface area contributed by atoms with Crippen molar-refractivity contribution in [3.05, 3.63) is 89.2 Å². The molecule has 2 N–H and O–H groups in total. The fourth-order valence-electron chi connectivity index (χ4n) is 5.41. The molecule has 2 heterocycles. The van der Waals surface area contributed by atoms with Crippen molar-refractivity contribution in [2.45, 2.75) is 65.0 Å². The molecule has 1 aliphatic carbocycles. The van der Waals surface area contributed by atoms with Gasteiger partial charge < -0.3 is 19.8 Å². The molecule has 1 saturated carbocycles. The highest BCUT2D eigenvalue weighted by Gasteiger charge is 2.30. The monoisotopic (exact) mass is 529 g/mol. The zero-order valence-electron chi connectivity index (χ0n) is 22.6. The number of furan rings is 1. The van der Waals surface area contributed by atoms with Gasteiger partial charge in [0.2, 0.25) is 5.95 Å². The summed E-state index contributed by atoms with van der Waals surface area (Å²) in [7, 11) is 0. The van der Waals surface area contributed by atoms with E-state index in [0.29, 0.717) is 23.8 Å². The highest BCUT2D eigenvalue weighted by atomic mass is 19.1. The Labute approximate surface area is 229 Å². The first-order valence-corrected chi connectivity index (χ1v) is 13.9. The number of hydrogen-bond donors (Lipinski definition) is 2. The van der Waals surface area contributed by atoms with Crippen LogP contribution in [0.2, 0.25) is 0 Å². The van der Waals surface area contributed by atoms with Crippen LogP contribution in [0.15, 0.2) is 65.2 Å². The van der Waals surface area contributed by atoms with Gasteiger partial charge in [0, 0.05) is 34.9 Å². The minimum absolute atomic E-state index is 0.0154. The summed E-state index contributed by atoms with van der Waals surface area (Å²) < 4.78 is 25.9. The molecule has 0 saturated heterocycles. The Balaban J connectivity index is 1.38. The number of rotatable bonds is 10. The van der Waals surface area contributed by atoms with Crippen molar-refractivity contribution in [2.24, 2.45) is 5.92 Å². The van der Waals surface area contributed by atoms with Crippen molar-refractivity contribution in [3.63, 3.8) is 0 Å². The summed E-state index contributed by atoms with van der Waals surface area (Å²) in [4.78, 5) is 15.9. The minimum atomic E-state index is -0.516. The summed E-state index contributed by atoms with van der Waals surface area (Å²) in [6, 6.07) is 16.7. The molecular formula is C32H36FN3O3. The fraction of sp³-hybridized carbons (Fsp3) is 0.375. The van der Waals surface area contributed by atoms with Crippen molar-refractivity contribution in [3.8, 4) is 5.75 Å². The molecule has 0 spiro atoms. The third-order valence-corrected chi connectivity index (χ3v) is 7.55. The number of aryl methyl sites for hydroxylation is 1. The number of hydrogen-bond acceptors (Lipinski definition) is 5. The molecule has 0 radical (unpaired) electrons. The Bertz CT molecular complexity index is 1410. The van der Waals surface area contributed by atoms with Gasteiger partial charge in [0.05, 0.1) is 6.04 Å². The van der Waals surface area contributed by atoms with Gasteiger partial charge in [-0.2, -0.15) is 4.39 Å². The zero-order chi connectivity index (χ0) is 27.2. The van der Waals surface area contributed by atoms with Crippen molar-refractivity contribution in [1.82, 2.24) is 10.3 Å². The SMILES string of the molecule is CCCNC(=O)c1ccc(NC(c2oc3ccc(OCc4ccnc(F)c4)cc3c2C)C2CCCCC2)cc1. The first-order chi connectivity index (χ1) is 19.0. The van der Waals surface area contributed by atoms with Crippen LogP contribution in [-0.4, -0.2) is 17.4 Å². The zero-order valence-corrected chi connectivity index (χ0v) is 22.6. The van der Waals surface area contributed by atoms with Gasteiger partial charge in [0.1, 0.15) is 23.7 Å². The van der Waals surface area contributed by atoms with E-state index in [-0.39, 0.29) is 18.6 Å². The van der Waals surface area contributed by atoms with E-state index in [0.717, 1.165) is 52.8 Å². The Kier molecular flexibility index (Phi) is 8.45.